The molecule has 3 fully saturated rings. The van der Waals surface area contributed by atoms with Crippen molar-refractivity contribution in [1.82, 2.24) is 15.5 Å². The number of urea groups is 1. The van der Waals surface area contributed by atoms with Gasteiger partial charge in [-0.2, -0.15) is 0 Å². The zero-order valence-electron chi connectivity index (χ0n) is 12.2. The maximum absolute atomic E-state index is 12.2. The topological polar surface area (TPSA) is 79.9 Å². The fourth-order valence-corrected chi connectivity index (χ4v) is 2.97. The first kappa shape index (κ1) is 14.6. The van der Waals surface area contributed by atoms with Gasteiger partial charge in [0.1, 0.15) is 6.04 Å². The number of likely N-dealkylation sites (tertiary alicyclic amines) is 1. The van der Waals surface area contributed by atoms with Gasteiger partial charge in [-0.15, -0.1) is 0 Å². The van der Waals surface area contributed by atoms with Crippen LogP contribution in [0.1, 0.15) is 25.7 Å². The Morgan fingerprint density at radius 1 is 1.29 bits per heavy atom. The first-order chi connectivity index (χ1) is 10.2. The molecule has 2 aliphatic heterocycles. The molecule has 0 aromatic rings. The number of hydrogen-bond donors (Lipinski definition) is 2. The Balaban J connectivity index is 1.39. The summed E-state index contributed by atoms with van der Waals surface area (Å²) in [6, 6.07) is -0.285. The van der Waals surface area contributed by atoms with Gasteiger partial charge < -0.3 is 25.0 Å². The molecule has 0 aromatic heterocycles. The van der Waals surface area contributed by atoms with E-state index >= 15 is 0 Å². The molecule has 2 N–H and O–H groups in total. The van der Waals surface area contributed by atoms with Crippen molar-refractivity contribution in [1.29, 1.82) is 0 Å². The summed E-state index contributed by atoms with van der Waals surface area (Å²) in [6.07, 6.45) is 4.01. The van der Waals surface area contributed by atoms with Crippen molar-refractivity contribution in [2.45, 2.75) is 43.9 Å². The molecule has 3 amide bonds. The summed E-state index contributed by atoms with van der Waals surface area (Å²) in [4.78, 5) is 26.0. The third-order valence-electron chi connectivity index (χ3n) is 4.44. The Kier molecular flexibility index (Phi) is 4.60. The third-order valence-corrected chi connectivity index (χ3v) is 4.44. The fourth-order valence-electron chi connectivity index (χ4n) is 2.97. The monoisotopic (exact) mass is 297 g/mol. The molecule has 2 heterocycles. The van der Waals surface area contributed by atoms with E-state index in [2.05, 4.69) is 10.6 Å². The number of hydrogen-bond acceptors (Lipinski definition) is 4. The predicted octanol–water partition coefficient (Wildman–Crippen LogP) is -0.146. The largest absolute Gasteiger partial charge is 0.376 e. The number of carbonyl (C=O) groups is 2. The van der Waals surface area contributed by atoms with Crippen LogP contribution < -0.4 is 10.6 Å². The molecule has 0 radical (unpaired) electrons. The van der Waals surface area contributed by atoms with Crippen molar-refractivity contribution < 1.29 is 19.1 Å². The van der Waals surface area contributed by atoms with Crippen LogP contribution >= 0.6 is 0 Å². The van der Waals surface area contributed by atoms with Crippen LogP contribution in [0.3, 0.4) is 0 Å². The molecular formula is C14H23N3O4. The fraction of sp³-hybridized carbons (Fsp3) is 0.857. The van der Waals surface area contributed by atoms with Gasteiger partial charge in [0.25, 0.3) is 0 Å². The molecule has 3 rings (SSSR count). The van der Waals surface area contributed by atoms with Crippen molar-refractivity contribution in [3.8, 4) is 0 Å². The Bertz CT molecular complexity index is 394. The van der Waals surface area contributed by atoms with Gasteiger partial charge in [-0.05, 0) is 25.7 Å². The van der Waals surface area contributed by atoms with E-state index < -0.39 is 0 Å². The molecule has 118 valence electrons. The number of ether oxygens (including phenoxy) is 2. The van der Waals surface area contributed by atoms with Crippen LogP contribution in [0, 0.1) is 0 Å². The van der Waals surface area contributed by atoms with Crippen molar-refractivity contribution in [2.24, 2.45) is 0 Å². The first-order valence-corrected chi connectivity index (χ1v) is 7.78. The standard InChI is InChI=1S/C14H23N3O4/c18-13-12(4-5-17(13)10-2-1-3-10)16-14(19)15-8-11-9-20-6-7-21-11/h10-12H,1-9H2,(H2,15,16,19). The van der Waals surface area contributed by atoms with Crippen LogP contribution in [0.4, 0.5) is 4.79 Å². The highest BCUT2D eigenvalue weighted by atomic mass is 16.6. The minimum Gasteiger partial charge on any atom is -0.376 e. The summed E-state index contributed by atoms with van der Waals surface area (Å²) in [5, 5.41) is 5.51. The summed E-state index contributed by atoms with van der Waals surface area (Å²) in [5.74, 6) is 0.0621. The molecule has 2 atom stereocenters. The lowest BCUT2D eigenvalue weighted by Crippen LogP contribution is -2.50. The molecule has 7 nitrogen and oxygen atoms in total. The molecule has 0 bridgehead atoms. The quantitative estimate of drug-likeness (QED) is 0.756. The van der Waals surface area contributed by atoms with Crippen LogP contribution in [0.5, 0.6) is 0 Å². The predicted molar refractivity (Wildman–Crippen MR) is 74.9 cm³/mol. The van der Waals surface area contributed by atoms with Gasteiger partial charge in [0.2, 0.25) is 5.91 Å². The summed E-state index contributed by atoms with van der Waals surface area (Å²) >= 11 is 0. The third kappa shape index (κ3) is 3.47. The van der Waals surface area contributed by atoms with Gasteiger partial charge in [0.05, 0.1) is 25.9 Å². The Labute approximate surface area is 124 Å². The second kappa shape index (κ2) is 6.62. The van der Waals surface area contributed by atoms with E-state index in [4.69, 9.17) is 9.47 Å². The van der Waals surface area contributed by atoms with Gasteiger partial charge in [-0.1, -0.05) is 0 Å². The molecule has 3 aliphatic rings. The van der Waals surface area contributed by atoms with E-state index in [1.165, 1.54) is 6.42 Å². The molecule has 21 heavy (non-hydrogen) atoms. The minimum absolute atomic E-state index is 0.0621. The molecule has 2 unspecified atom stereocenters. The molecule has 7 heteroatoms. The van der Waals surface area contributed by atoms with E-state index in [0.29, 0.717) is 38.8 Å². The zero-order chi connectivity index (χ0) is 14.7. The smallest absolute Gasteiger partial charge is 0.315 e. The average Bonchev–Trinajstić information content (AvgIpc) is 2.78. The minimum atomic E-state index is -0.380. The lowest BCUT2D eigenvalue weighted by molar-refractivity contribution is -0.132. The van der Waals surface area contributed by atoms with Crippen LogP contribution in [0.25, 0.3) is 0 Å². The van der Waals surface area contributed by atoms with Gasteiger partial charge in [0.15, 0.2) is 0 Å². The highest BCUT2D eigenvalue weighted by Crippen LogP contribution is 2.28. The van der Waals surface area contributed by atoms with Crippen LogP contribution in [-0.2, 0) is 14.3 Å². The summed E-state index contributed by atoms with van der Waals surface area (Å²) in [7, 11) is 0. The Hall–Kier alpha value is -1.34. The lowest BCUT2D eigenvalue weighted by Gasteiger charge is -2.34. The molecule has 0 spiro atoms. The molecule has 1 aliphatic carbocycles. The number of nitrogens with zero attached hydrogens (tertiary/aromatic N) is 1. The highest BCUT2D eigenvalue weighted by Gasteiger charge is 2.38. The van der Waals surface area contributed by atoms with Crippen LogP contribution in [0.15, 0.2) is 0 Å². The summed E-state index contributed by atoms with van der Waals surface area (Å²) in [6.45, 7) is 2.83. The number of nitrogens with one attached hydrogen (secondary N) is 2. The molecule has 0 aromatic carbocycles. The number of rotatable bonds is 4. The van der Waals surface area contributed by atoms with E-state index in [9.17, 15) is 9.59 Å². The highest BCUT2D eigenvalue weighted by molar-refractivity contribution is 5.88. The lowest BCUT2D eigenvalue weighted by atomic mass is 9.92. The van der Waals surface area contributed by atoms with Crippen molar-refractivity contribution >= 4 is 11.9 Å². The van der Waals surface area contributed by atoms with E-state index in [1.807, 2.05) is 4.90 Å². The van der Waals surface area contributed by atoms with Gasteiger partial charge in [-0.25, -0.2) is 4.79 Å². The van der Waals surface area contributed by atoms with Crippen molar-refractivity contribution in [3.63, 3.8) is 0 Å². The normalized spacial score (nSPS) is 30.1. The van der Waals surface area contributed by atoms with E-state index in [0.717, 1.165) is 19.4 Å². The van der Waals surface area contributed by atoms with Crippen molar-refractivity contribution in [2.75, 3.05) is 32.9 Å². The number of carbonyl (C=O) groups excluding carboxylic acids is 2. The Morgan fingerprint density at radius 2 is 2.14 bits per heavy atom. The molecular weight excluding hydrogens is 274 g/mol. The summed E-state index contributed by atoms with van der Waals surface area (Å²) in [5.41, 5.74) is 0. The van der Waals surface area contributed by atoms with Crippen LogP contribution in [-0.4, -0.2) is 67.9 Å². The average molecular weight is 297 g/mol. The van der Waals surface area contributed by atoms with Gasteiger partial charge in [0, 0.05) is 19.1 Å². The second-order valence-electron chi connectivity index (χ2n) is 5.88. The second-order valence-corrected chi connectivity index (χ2v) is 5.88. The van der Waals surface area contributed by atoms with Crippen LogP contribution in [0.2, 0.25) is 0 Å². The Morgan fingerprint density at radius 3 is 2.81 bits per heavy atom. The van der Waals surface area contributed by atoms with E-state index in [1.54, 1.807) is 0 Å². The van der Waals surface area contributed by atoms with Gasteiger partial charge >= 0.3 is 6.03 Å². The first-order valence-electron chi connectivity index (χ1n) is 7.78. The summed E-state index contributed by atoms with van der Waals surface area (Å²) < 4.78 is 10.7. The van der Waals surface area contributed by atoms with E-state index in [-0.39, 0.29) is 24.1 Å². The molecule has 1 saturated carbocycles. The molecule has 2 saturated heterocycles. The number of amides is 3. The maximum Gasteiger partial charge on any atom is 0.315 e. The SMILES string of the molecule is O=C(NCC1COCCO1)NC1CCN(C2CCC2)C1=O. The van der Waals surface area contributed by atoms with Crippen molar-refractivity contribution in [3.05, 3.63) is 0 Å². The maximum atomic E-state index is 12.2. The zero-order valence-corrected chi connectivity index (χ0v) is 12.2. The van der Waals surface area contributed by atoms with Gasteiger partial charge in [-0.3, -0.25) is 4.79 Å².